The maximum absolute atomic E-state index is 12.4. The molecule has 1 heterocycles. The summed E-state index contributed by atoms with van der Waals surface area (Å²) >= 11 is 0. The van der Waals surface area contributed by atoms with Gasteiger partial charge in [0.1, 0.15) is 28.6 Å². The Bertz CT molecular complexity index is 858. The number of rotatable bonds is 5. The van der Waals surface area contributed by atoms with Crippen LogP contribution < -0.4 is 14.8 Å². The summed E-state index contributed by atoms with van der Waals surface area (Å²) in [6, 6.07) is 13.6. The number of amidine groups is 1. The molecule has 0 saturated carbocycles. The number of ether oxygens (including phenoxy) is 2. The lowest BCUT2D eigenvalue weighted by atomic mass is 10.0. The fourth-order valence-corrected chi connectivity index (χ4v) is 2.81. The van der Waals surface area contributed by atoms with Crippen molar-refractivity contribution in [2.24, 2.45) is 4.99 Å². The molecule has 0 aromatic heterocycles. The van der Waals surface area contributed by atoms with E-state index in [0.29, 0.717) is 34.5 Å². The molecule has 1 aliphatic rings. The van der Waals surface area contributed by atoms with Gasteiger partial charge in [0.05, 0.1) is 14.2 Å². The van der Waals surface area contributed by atoms with Crippen molar-refractivity contribution in [3.05, 3.63) is 64.9 Å². The number of hydrogen-bond donors (Lipinski definition) is 1. The zero-order chi connectivity index (χ0) is 18.7. The summed E-state index contributed by atoms with van der Waals surface area (Å²) in [6.07, 6.45) is 1.77. The maximum Gasteiger partial charge on any atom is 0.275 e. The third kappa shape index (κ3) is 3.47. The Morgan fingerprint density at radius 1 is 1.00 bits per heavy atom. The lowest BCUT2D eigenvalue weighted by molar-refractivity contribution is -0.115. The molecular formula is C21H22N2O3. The van der Waals surface area contributed by atoms with Gasteiger partial charge in [-0.1, -0.05) is 44.2 Å². The van der Waals surface area contributed by atoms with Crippen LogP contribution in [0, 0.1) is 0 Å². The Morgan fingerprint density at radius 2 is 1.62 bits per heavy atom. The summed E-state index contributed by atoms with van der Waals surface area (Å²) in [7, 11) is 3.14. The molecule has 0 saturated heterocycles. The van der Waals surface area contributed by atoms with E-state index in [4.69, 9.17) is 9.47 Å². The van der Waals surface area contributed by atoms with E-state index >= 15 is 0 Å². The van der Waals surface area contributed by atoms with E-state index in [2.05, 4.69) is 36.3 Å². The minimum absolute atomic E-state index is 0.249. The summed E-state index contributed by atoms with van der Waals surface area (Å²) in [5.74, 6) is 1.82. The van der Waals surface area contributed by atoms with Crippen LogP contribution in [-0.4, -0.2) is 26.0 Å². The van der Waals surface area contributed by atoms with Crippen LogP contribution >= 0.6 is 0 Å². The first-order chi connectivity index (χ1) is 12.5. The van der Waals surface area contributed by atoms with E-state index in [1.807, 2.05) is 18.2 Å². The lowest BCUT2D eigenvalue weighted by Gasteiger charge is -2.12. The number of aliphatic imine (C=N–C) groups is 1. The number of nitrogens with zero attached hydrogens (tertiary/aromatic N) is 1. The van der Waals surface area contributed by atoms with Gasteiger partial charge in [-0.3, -0.25) is 4.79 Å². The second-order valence-corrected chi connectivity index (χ2v) is 6.30. The molecular weight excluding hydrogens is 328 g/mol. The zero-order valence-corrected chi connectivity index (χ0v) is 15.4. The Kier molecular flexibility index (Phi) is 5.07. The minimum atomic E-state index is -0.249. The van der Waals surface area contributed by atoms with Gasteiger partial charge in [-0.2, -0.15) is 0 Å². The second kappa shape index (κ2) is 7.44. The van der Waals surface area contributed by atoms with Crippen LogP contribution in [0.15, 0.2) is 53.2 Å². The first-order valence-electron chi connectivity index (χ1n) is 8.46. The van der Waals surface area contributed by atoms with E-state index < -0.39 is 0 Å². The van der Waals surface area contributed by atoms with Crippen molar-refractivity contribution in [1.82, 2.24) is 5.32 Å². The van der Waals surface area contributed by atoms with Gasteiger partial charge in [0.25, 0.3) is 5.91 Å². The number of carbonyl (C=O) groups excluding carboxylic acids is 1. The summed E-state index contributed by atoms with van der Waals surface area (Å²) in [4.78, 5) is 16.8. The molecule has 2 aromatic rings. The Hall–Kier alpha value is -3.08. The first kappa shape index (κ1) is 17.7. The van der Waals surface area contributed by atoms with Crippen molar-refractivity contribution in [1.29, 1.82) is 0 Å². The monoisotopic (exact) mass is 350 g/mol. The van der Waals surface area contributed by atoms with E-state index in [-0.39, 0.29) is 5.91 Å². The van der Waals surface area contributed by atoms with Crippen molar-refractivity contribution in [3.63, 3.8) is 0 Å². The van der Waals surface area contributed by atoms with Crippen LogP contribution in [0.1, 0.15) is 36.5 Å². The van der Waals surface area contributed by atoms with E-state index in [9.17, 15) is 4.79 Å². The van der Waals surface area contributed by atoms with Gasteiger partial charge in [0, 0.05) is 0 Å². The normalized spacial score (nSPS) is 15.2. The standard InChI is InChI=1S/C21H22N2O3/c1-13(2)15-10-8-14(9-11-15)12-16-21(24)23-20(22-16)19-17(25-3)6-5-7-18(19)26-4/h5-13H,1-4H3,(H,22,23,24)/b16-12+. The summed E-state index contributed by atoms with van der Waals surface area (Å²) in [5, 5.41) is 2.80. The number of amides is 1. The van der Waals surface area contributed by atoms with Gasteiger partial charge in [0.15, 0.2) is 0 Å². The molecule has 5 nitrogen and oxygen atoms in total. The zero-order valence-electron chi connectivity index (χ0n) is 15.4. The summed E-state index contributed by atoms with van der Waals surface area (Å²) in [6.45, 7) is 4.30. The van der Waals surface area contributed by atoms with E-state index in [0.717, 1.165) is 5.56 Å². The largest absolute Gasteiger partial charge is 0.496 e. The average molecular weight is 350 g/mol. The van der Waals surface area contributed by atoms with Crippen molar-refractivity contribution in [3.8, 4) is 11.5 Å². The van der Waals surface area contributed by atoms with Crippen LogP contribution in [0.4, 0.5) is 0 Å². The molecule has 0 atom stereocenters. The Morgan fingerprint density at radius 3 is 2.15 bits per heavy atom. The van der Waals surface area contributed by atoms with Gasteiger partial charge in [-0.15, -0.1) is 0 Å². The molecule has 0 fully saturated rings. The predicted molar refractivity (Wildman–Crippen MR) is 103 cm³/mol. The Balaban J connectivity index is 1.97. The van der Waals surface area contributed by atoms with Gasteiger partial charge >= 0.3 is 0 Å². The molecule has 0 radical (unpaired) electrons. The molecule has 3 rings (SSSR count). The molecule has 2 aromatic carbocycles. The topological polar surface area (TPSA) is 59.9 Å². The molecule has 0 aliphatic carbocycles. The number of benzene rings is 2. The number of nitrogens with one attached hydrogen (secondary N) is 1. The highest BCUT2D eigenvalue weighted by Crippen LogP contribution is 2.30. The Labute approximate surface area is 153 Å². The molecule has 134 valence electrons. The van der Waals surface area contributed by atoms with Crippen molar-refractivity contribution in [2.75, 3.05) is 14.2 Å². The van der Waals surface area contributed by atoms with Crippen LogP contribution in [0.25, 0.3) is 6.08 Å². The highest BCUT2D eigenvalue weighted by Gasteiger charge is 2.26. The van der Waals surface area contributed by atoms with Crippen molar-refractivity contribution in [2.45, 2.75) is 19.8 Å². The van der Waals surface area contributed by atoms with Crippen LogP contribution in [0.5, 0.6) is 11.5 Å². The highest BCUT2D eigenvalue weighted by atomic mass is 16.5. The SMILES string of the molecule is COc1cccc(OC)c1C1=N/C(=C/c2ccc(C(C)C)cc2)C(=O)N1. The molecule has 5 heteroatoms. The third-order valence-electron chi connectivity index (χ3n) is 4.27. The summed E-state index contributed by atoms with van der Waals surface area (Å²) < 4.78 is 10.8. The number of hydrogen-bond acceptors (Lipinski definition) is 4. The smallest absolute Gasteiger partial charge is 0.275 e. The number of carbonyl (C=O) groups is 1. The second-order valence-electron chi connectivity index (χ2n) is 6.30. The van der Waals surface area contributed by atoms with Crippen molar-refractivity contribution < 1.29 is 14.3 Å². The summed E-state index contributed by atoms with van der Waals surface area (Å²) in [5.41, 5.74) is 3.16. The van der Waals surface area contributed by atoms with Crippen LogP contribution in [-0.2, 0) is 4.79 Å². The van der Waals surface area contributed by atoms with Crippen LogP contribution in [0.2, 0.25) is 0 Å². The molecule has 0 spiro atoms. The molecule has 26 heavy (non-hydrogen) atoms. The van der Waals surface area contributed by atoms with Gasteiger partial charge in [-0.25, -0.2) is 4.99 Å². The lowest BCUT2D eigenvalue weighted by Crippen LogP contribution is -2.25. The third-order valence-corrected chi connectivity index (χ3v) is 4.27. The average Bonchev–Trinajstić information content (AvgIpc) is 3.01. The number of methoxy groups -OCH3 is 2. The molecule has 0 unspecified atom stereocenters. The minimum Gasteiger partial charge on any atom is -0.496 e. The fourth-order valence-electron chi connectivity index (χ4n) is 2.81. The predicted octanol–water partition coefficient (Wildman–Crippen LogP) is 3.74. The van der Waals surface area contributed by atoms with Gasteiger partial charge in [0.2, 0.25) is 0 Å². The van der Waals surface area contributed by atoms with Crippen molar-refractivity contribution >= 4 is 17.8 Å². The van der Waals surface area contributed by atoms with Gasteiger partial charge in [-0.05, 0) is 35.3 Å². The molecule has 1 aliphatic heterocycles. The molecule has 1 amide bonds. The maximum atomic E-state index is 12.4. The highest BCUT2D eigenvalue weighted by molar-refractivity contribution is 6.21. The quantitative estimate of drug-likeness (QED) is 0.836. The molecule has 0 bridgehead atoms. The molecule has 1 N–H and O–H groups in total. The fraction of sp³-hybridized carbons (Fsp3) is 0.238. The van der Waals surface area contributed by atoms with E-state index in [1.54, 1.807) is 32.4 Å². The first-order valence-corrected chi connectivity index (χ1v) is 8.46. The van der Waals surface area contributed by atoms with Crippen LogP contribution in [0.3, 0.4) is 0 Å². The van der Waals surface area contributed by atoms with Gasteiger partial charge < -0.3 is 14.8 Å². The van der Waals surface area contributed by atoms with E-state index in [1.165, 1.54) is 5.56 Å².